The Morgan fingerprint density at radius 1 is 1.37 bits per heavy atom. The number of thioether (sulfide) groups is 1. The number of hydrogen-bond donors (Lipinski definition) is 1. The summed E-state index contributed by atoms with van der Waals surface area (Å²) < 4.78 is 36.0. The Kier molecular flexibility index (Phi) is 6.00. The third-order valence-electron chi connectivity index (χ3n) is 2.51. The third kappa shape index (κ3) is 6.20. The zero-order valence-electron chi connectivity index (χ0n) is 9.78. The molecular weight excluding hydrogens is 301 g/mol. The minimum atomic E-state index is -4.33. The lowest BCUT2D eigenvalue weighted by Crippen LogP contribution is -2.18. The fourth-order valence-corrected chi connectivity index (χ4v) is 2.41. The minimum absolute atomic E-state index is 0.0509. The summed E-state index contributed by atoms with van der Waals surface area (Å²) in [6.45, 7) is 0. The van der Waals surface area contributed by atoms with Crippen LogP contribution in [0.4, 0.5) is 13.2 Å². The molecule has 1 aromatic carbocycles. The van der Waals surface area contributed by atoms with Crippen LogP contribution in [0.2, 0.25) is 5.02 Å². The van der Waals surface area contributed by atoms with Crippen LogP contribution in [0.15, 0.2) is 24.3 Å². The molecule has 0 radical (unpaired) electrons. The van der Waals surface area contributed by atoms with Crippen molar-refractivity contribution in [2.45, 2.75) is 18.3 Å². The molecule has 106 valence electrons. The van der Waals surface area contributed by atoms with E-state index in [-0.39, 0.29) is 30.4 Å². The van der Waals surface area contributed by atoms with E-state index in [1.165, 1.54) is 0 Å². The van der Waals surface area contributed by atoms with Crippen LogP contribution in [0, 0.1) is 5.92 Å². The van der Waals surface area contributed by atoms with Crippen LogP contribution in [-0.2, 0) is 11.2 Å². The molecule has 0 aliphatic heterocycles. The average Bonchev–Trinajstić information content (AvgIpc) is 2.28. The predicted molar refractivity (Wildman–Crippen MR) is 69.4 cm³/mol. The quantitative estimate of drug-likeness (QED) is 0.854. The van der Waals surface area contributed by atoms with Crippen LogP contribution in [0.3, 0.4) is 0 Å². The molecule has 0 aliphatic rings. The van der Waals surface area contributed by atoms with Crippen molar-refractivity contribution in [1.29, 1.82) is 0 Å². The number of carboxylic acid groups (broad SMARTS) is 1. The summed E-state index contributed by atoms with van der Waals surface area (Å²) in [5.41, 5.74) is -3.69. The SMILES string of the molecule is O=C(O)C(CCSC(F)(F)F)Cc1ccccc1Cl. The van der Waals surface area contributed by atoms with Crippen LogP contribution < -0.4 is 0 Å². The third-order valence-corrected chi connectivity index (χ3v) is 3.64. The van der Waals surface area contributed by atoms with Crippen LogP contribution in [-0.4, -0.2) is 22.3 Å². The Bertz CT molecular complexity index is 437. The Labute approximate surface area is 117 Å². The zero-order valence-corrected chi connectivity index (χ0v) is 11.4. The van der Waals surface area contributed by atoms with Gasteiger partial charge in [0.15, 0.2) is 0 Å². The van der Waals surface area contributed by atoms with Crippen molar-refractivity contribution in [2.75, 3.05) is 5.75 Å². The molecule has 0 spiro atoms. The first-order valence-electron chi connectivity index (χ1n) is 5.46. The van der Waals surface area contributed by atoms with Gasteiger partial charge in [0.25, 0.3) is 0 Å². The van der Waals surface area contributed by atoms with Crippen molar-refractivity contribution in [3.8, 4) is 0 Å². The van der Waals surface area contributed by atoms with E-state index in [0.29, 0.717) is 10.6 Å². The molecule has 0 heterocycles. The Hall–Kier alpha value is -0.880. The standard InChI is InChI=1S/C12H12ClF3O2S/c13-10-4-2-1-3-8(10)7-9(11(17)18)5-6-19-12(14,15)16/h1-4,9H,5-7H2,(H,17,18). The van der Waals surface area contributed by atoms with Gasteiger partial charge in [-0.2, -0.15) is 13.2 Å². The second-order valence-corrected chi connectivity index (χ2v) is 5.48. The largest absolute Gasteiger partial charge is 0.481 e. The molecule has 2 nitrogen and oxygen atoms in total. The lowest BCUT2D eigenvalue weighted by atomic mass is 9.97. The van der Waals surface area contributed by atoms with Gasteiger partial charge in [0.1, 0.15) is 0 Å². The van der Waals surface area contributed by atoms with Crippen molar-refractivity contribution >= 4 is 29.3 Å². The van der Waals surface area contributed by atoms with E-state index in [9.17, 15) is 18.0 Å². The minimum Gasteiger partial charge on any atom is -0.481 e. The van der Waals surface area contributed by atoms with Crippen LogP contribution >= 0.6 is 23.4 Å². The second kappa shape index (κ2) is 7.05. The molecule has 1 unspecified atom stereocenters. The zero-order chi connectivity index (χ0) is 14.5. The smallest absolute Gasteiger partial charge is 0.441 e. The summed E-state index contributed by atoms with van der Waals surface area (Å²) in [5.74, 6) is -2.25. The predicted octanol–water partition coefficient (Wildman–Crippen LogP) is 4.23. The summed E-state index contributed by atoms with van der Waals surface area (Å²) in [6, 6.07) is 6.72. The molecule has 7 heteroatoms. The maximum atomic E-state index is 12.0. The molecule has 1 atom stereocenters. The topological polar surface area (TPSA) is 37.3 Å². The molecule has 0 fully saturated rings. The first-order chi connectivity index (χ1) is 8.79. The van der Waals surface area contributed by atoms with Crippen molar-refractivity contribution in [1.82, 2.24) is 0 Å². The Morgan fingerprint density at radius 2 is 2.00 bits per heavy atom. The lowest BCUT2D eigenvalue weighted by Gasteiger charge is -2.13. The highest BCUT2D eigenvalue weighted by molar-refractivity contribution is 8.00. The molecule has 1 N–H and O–H groups in total. The van der Waals surface area contributed by atoms with Crippen LogP contribution in [0.1, 0.15) is 12.0 Å². The van der Waals surface area contributed by atoms with Crippen molar-refractivity contribution < 1.29 is 23.1 Å². The van der Waals surface area contributed by atoms with Crippen LogP contribution in [0.5, 0.6) is 0 Å². The summed E-state index contributed by atoms with van der Waals surface area (Å²) in [4.78, 5) is 11.0. The molecule has 19 heavy (non-hydrogen) atoms. The van der Waals surface area contributed by atoms with Gasteiger partial charge >= 0.3 is 11.5 Å². The Balaban J connectivity index is 2.59. The van der Waals surface area contributed by atoms with Gasteiger partial charge in [0.05, 0.1) is 5.92 Å². The molecule has 0 aromatic heterocycles. The van der Waals surface area contributed by atoms with Gasteiger partial charge in [-0.05, 0) is 24.5 Å². The van der Waals surface area contributed by atoms with Crippen molar-refractivity contribution in [2.24, 2.45) is 5.92 Å². The molecule has 0 bridgehead atoms. The van der Waals surface area contributed by atoms with Gasteiger partial charge < -0.3 is 5.11 Å². The number of rotatable bonds is 6. The summed E-state index contributed by atoms with van der Waals surface area (Å²) in [5, 5.41) is 9.45. The molecule has 0 saturated carbocycles. The fraction of sp³-hybridized carbons (Fsp3) is 0.417. The molecule has 0 amide bonds. The maximum Gasteiger partial charge on any atom is 0.441 e. The first-order valence-corrected chi connectivity index (χ1v) is 6.83. The van der Waals surface area contributed by atoms with E-state index < -0.39 is 17.4 Å². The van der Waals surface area contributed by atoms with E-state index in [1.807, 2.05) is 0 Å². The number of carboxylic acids is 1. The van der Waals surface area contributed by atoms with Crippen molar-refractivity contribution in [3.63, 3.8) is 0 Å². The second-order valence-electron chi connectivity index (χ2n) is 3.91. The van der Waals surface area contributed by atoms with E-state index in [1.54, 1.807) is 24.3 Å². The van der Waals surface area contributed by atoms with Crippen LogP contribution in [0.25, 0.3) is 0 Å². The number of aliphatic carboxylic acids is 1. The number of carbonyl (C=O) groups is 1. The number of halogens is 4. The highest BCUT2D eigenvalue weighted by atomic mass is 35.5. The van der Waals surface area contributed by atoms with E-state index in [0.717, 1.165) is 0 Å². The maximum absolute atomic E-state index is 12.0. The van der Waals surface area contributed by atoms with Gasteiger partial charge in [0.2, 0.25) is 0 Å². The number of benzene rings is 1. The number of alkyl halides is 3. The van der Waals surface area contributed by atoms with Gasteiger partial charge in [-0.1, -0.05) is 41.6 Å². The molecule has 1 rings (SSSR count). The average molecular weight is 313 g/mol. The van der Waals surface area contributed by atoms with E-state index in [2.05, 4.69) is 0 Å². The van der Waals surface area contributed by atoms with E-state index in [4.69, 9.17) is 16.7 Å². The molecule has 1 aromatic rings. The summed E-state index contributed by atoms with van der Waals surface area (Å²) in [7, 11) is 0. The molecule has 0 saturated heterocycles. The van der Waals surface area contributed by atoms with Gasteiger partial charge in [-0.3, -0.25) is 4.79 Å². The molecule has 0 aliphatic carbocycles. The highest BCUT2D eigenvalue weighted by Gasteiger charge is 2.29. The van der Waals surface area contributed by atoms with Gasteiger partial charge in [-0.15, -0.1) is 0 Å². The summed E-state index contributed by atoms with van der Waals surface area (Å²) >= 11 is 5.70. The van der Waals surface area contributed by atoms with E-state index >= 15 is 0 Å². The first kappa shape index (κ1) is 16.2. The summed E-state index contributed by atoms with van der Waals surface area (Å²) in [6.07, 6.45) is 0.0815. The van der Waals surface area contributed by atoms with Gasteiger partial charge in [-0.25, -0.2) is 0 Å². The Morgan fingerprint density at radius 3 is 2.53 bits per heavy atom. The fourth-order valence-electron chi connectivity index (χ4n) is 1.56. The lowest BCUT2D eigenvalue weighted by molar-refractivity contribution is -0.141. The molecular formula is C12H12ClF3O2S. The van der Waals surface area contributed by atoms with Crippen molar-refractivity contribution in [3.05, 3.63) is 34.9 Å². The van der Waals surface area contributed by atoms with Gasteiger partial charge in [0, 0.05) is 10.8 Å². The monoisotopic (exact) mass is 312 g/mol. The normalized spacial score (nSPS) is 13.3. The number of hydrogen-bond acceptors (Lipinski definition) is 2. The highest BCUT2D eigenvalue weighted by Crippen LogP contribution is 2.32.